The van der Waals surface area contributed by atoms with E-state index in [9.17, 15) is 15.0 Å². The van der Waals surface area contributed by atoms with E-state index in [0.29, 0.717) is 23.1 Å². The van der Waals surface area contributed by atoms with Crippen LogP contribution in [0.5, 0.6) is 0 Å². The fraction of sp³-hybridized carbons (Fsp3) is 0.533. The van der Waals surface area contributed by atoms with E-state index in [1.807, 2.05) is 24.5 Å². The van der Waals surface area contributed by atoms with Gasteiger partial charge in [0.15, 0.2) is 0 Å². The molecule has 0 amide bonds. The molecule has 110 valence electrons. The first kappa shape index (κ1) is 15.2. The fourth-order valence-electron chi connectivity index (χ4n) is 2.93. The van der Waals surface area contributed by atoms with Crippen molar-refractivity contribution in [2.75, 3.05) is 24.7 Å². The highest BCUT2D eigenvalue weighted by molar-refractivity contribution is 7.98. The van der Waals surface area contributed by atoms with E-state index in [-0.39, 0.29) is 6.61 Å². The Balaban J connectivity index is 2.11. The van der Waals surface area contributed by atoms with Gasteiger partial charge in [0.2, 0.25) is 0 Å². The van der Waals surface area contributed by atoms with E-state index in [1.54, 1.807) is 0 Å². The Morgan fingerprint density at radius 2 is 2.15 bits per heavy atom. The van der Waals surface area contributed by atoms with Gasteiger partial charge in [0.1, 0.15) is 0 Å². The molecule has 20 heavy (non-hydrogen) atoms. The molecule has 2 rings (SSSR count). The topological polar surface area (TPSA) is 69.6 Å². The second-order valence-electron chi connectivity index (χ2n) is 5.20. The minimum absolute atomic E-state index is 0.225. The lowest BCUT2D eigenvalue weighted by Crippen LogP contribution is -2.21. The number of aromatic carboxylic acids is 1. The monoisotopic (exact) mass is 295 g/mol. The van der Waals surface area contributed by atoms with Crippen LogP contribution in [0.25, 0.3) is 0 Å². The van der Waals surface area contributed by atoms with Crippen LogP contribution in [0.3, 0.4) is 0 Å². The number of hydrogen-bond acceptors (Lipinski definition) is 4. The first-order chi connectivity index (χ1) is 9.67. The molecule has 3 N–H and O–H groups in total. The average Bonchev–Trinajstić information content (AvgIpc) is 2.91. The summed E-state index contributed by atoms with van der Waals surface area (Å²) in [5, 5.41) is 22.0. The van der Waals surface area contributed by atoms with Gasteiger partial charge in [0, 0.05) is 23.7 Å². The Morgan fingerprint density at radius 1 is 1.40 bits per heavy atom. The normalized spacial score (nSPS) is 21.9. The van der Waals surface area contributed by atoms with Crippen LogP contribution < -0.4 is 5.32 Å². The number of benzene rings is 1. The number of carboxylic acid groups (broad SMARTS) is 1. The summed E-state index contributed by atoms with van der Waals surface area (Å²) >= 11 is 1.44. The summed E-state index contributed by atoms with van der Waals surface area (Å²) < 4.78 is 0. The van der Waals surface area contributed by atoms with Crippen LogP contribution in [0.1, 0.15) is 29.6 Å². The van der Waals surface area contributed by atoms with Crippen molar-refractivity contribution in [3.05, 3.63) is 23.8 Å². The number of rotatable bonds is 6. The molecule has 1 aliphatic carbocycles. The van der Waals surface area contributed by atoms with Gasteiger partial charge in [-0.3, -0.25) is 0 Å². The van der Waals surface area contributed by atoms with Gasteiger partial charge in [-0.15, -0.1) is 11.8 Å². The summed E-state index contributed by atoms with van der Waals surface area (Å²) in [6.45, 7) is 0.951. The van der Waals surface area contributed by atoms with Crippen molar-refractivity contribution >= 4 is 23.4 Å². The van der Waals surface area contributed by atoms with Crippen LogP contribution in [0.4, 0.5) is 5.69 Å². The second-order valence-corrected chi connectivity index (χ2v) is 6.05. The Morgan fingerprint density at radius 3 is 2.80 bits per heavy atom. The number of aliphatic hydroxyl groups excluding tert-OH is 1. The lowest BCUT2D eigenvalue weighted by atomic mass is 9.97. The predicted octanol–water partition coefficient (Wildman–Crippen LogP) is 2.93. The molecular formula is C15H21NO3S. The van der Waals surface area contributed by atoms with Gasteiger partial charge >= 0.3 is 5.97 Å². The van der Waals surface area contributed by atoms with Gasteiger partial charge in [-0.05, 0) is 43.1 Å². The maximum Gasteiger partial charge on any atom is 0.338 e. The number of carboxylic acids is 1. The minimum Gasteiger partial charge on any atom is -0.478 e. The SMILES string of the molecule is CSc1cccc(NCC2CCCC2CO)c1C(=O)O. The van der Waals surface area contributed by atoms with E-state index < -0.39 is 5.97 Å². The molecule has 0 aromatic heterocycles. The van der Waals surface area contributed by atoms with Crippen molar-refractivity contribution in [2.24, 2.45) is 11.8 Å². The zero-order chi connectivity index (χ0) is 14.5. The highest BCUT2D eigenvalue weighted by atomic mass is 32.2. The van der Waals surface area contributed by atoms with Crippen LogP contribution in [0, 0.1) is 11.8 Å². The molecular weight excluding hydrogens is 274 g/mol. The van der Waals surface area contributed by atoms with Crippen LogP contribution >= 0.6 is 11.8 Å². The maximum absolute atomic E-state index is 11.4. The summed E-state index contributed by atoms with van der Waals surface area (Å²) in [4.78, 5) is 12.2. The summed E-state index contributed by atoms with van der Waals surface area (Å²) in [6.07, 6.45) is 5.20. The molecule has 0 heterocycles. The van der Waals surface area contributed by atoms with Gasteiger partial charge in [0.25, 0.3) is 0 Å². The molecule has 1 aromatic carbocycles. The lowest BCUT2D eigenvalue weighted by molar-refractivity contribution is 0.0694. The fourth-order valence-corrected chi connectivity index (χ4v) is 3.55. The number of thioether (sulfide) groups is 1. The maximum atomic E-state index is 11.4. The first-order valence-electron chi connectivity index (χ1n) is 6.92. The standard InChI is InChI=1S/C15H21NO3S/c1-20-13-7-3-6-12(14(13)15(18)19)16-8-10-4-2-5-11(10)9-17/h3,6-7,10-11,16-17H,2,4-5,8-9H2,1H3,(H,18,19). The van der Waals surface area contributed by atoms with E-state index in [0.717, 1.165) is 30.7 Å². The van der Waals surface area contributed by atoms with Gasteiger partial charge in [-0.25, -0.2) is 4.79 Å². The molecule has 0 spiro atoms. The highest BCUT2D eigenvalue weighted by Gasteiger charge is 2.26. The smallest absolute Gasteiger partial charge is 0.338 e. The third kappa shape index (κ3) is 3.27. The Kier molecular flexibility index (Phi) is 5.31. The third-order valence-electron chi connectivity index (χ3n) is 4.07. The van der Waals surface area contributed by atoms with Gasteiger partial charge in [-0.2, -0.15) is 0 Å². The van der Waals surface area contributed by atoms with Crippen LogP contribution in [0.2, 0.25) is 0 Å². The molecule has 0 aliphatic heterocycles. The quantitative estimate of drug-likeness (QED) is 0.704. The van der Waals surface area contributed by atoms with E-state index in [2.05, 4.69) is 5.32 Å². The van der Waals surface area contributed by atoms with Crippen molar-refractivity contribution in [3.8, 4) is 0 Å². The minimum atomic E-state index is -0.900. The summed E-state index contributed by atoms with van der Waals surface area (Å²) in [5.74, 6) is -0.123. The van der Waals surface area contributed by atoms with Crippen molar-refractivity contribution in [1.29, 1.82) is 0 Å². The molecule has 1 fully saturated rings. The molecule has 0 bridgehead atoms. The summed E-state index contributed by atoms with van der Waals surface area (Å²) in [5.41, 5.74) is 1.02. The number of nitrogens with one attached hydrogen (secondary N) is 1. The second kappa shape index (κ2) is 6.99. The molecule has 1 saturated carbocycles. The summed E-state index contributed by atoms with van der Waals surface area (Å²) in [6, 6.07) is 5.51. The van der Waals surface area contributed by atoms with Crippen molar-refractivity contribution in [2.45, 2.75) is 24.2 Å². The molecule has 1 aromatic rings. The van der Waals surface area contributed by atoms with Crippen molar-refractivity contribution in [3.63, 3.8) is 0 Å². The molecule has 2 unspecified atom stereocenters. The number of aliphatic hydroxyl groups is 1. The van der Waals surface area contributed by atoms with Crippen molar-refractivity contribution in [1.82, 2.24) is 0 Å². The van der Waals surface area contributed by atoms with E-state index in [4.69, 9.17) is 0 Å². The Labute approximate surface area is 123 Å². The van der Waals surface area contributed by atoms with Crippen LogP contribution in [0.15, 0.2) is 23.1 Å². The van der Waals surface area contributed by atoms with Gasteiger partial charge in [-0.1, -0.05) is 12.5 Å². The third-order valence-corrected chi connectivity index (χ3v) is 4.85. The molecule has 4 nitrogen and oxygen atoms in total. The number of carbonyl (C=O) groups is 1. The molecule has 5 heteroatoms. The first-order valence-corrected chi connectivity index (χ1v) is 8.14. The Hall–Kier alpha value is -1.20. The van der Waals surface area contributed by atoms with Gasteiger partial charge < -0.3 is 15.5 Å². The average molecular weight is 295 g/mol. The lowest BCUT2D eigenvalue weighted by Gasteiger charge is -2.20. The van der Waals surface area contributed by atoms with E-state index in [1.165, 1.54) is 11.8 Å². The summed E-state index contributed by atoms with van der Waals surface area (Å²) in [7, 11) is 0. The van der Waals surface area contributed by atoms with Crippen LogP contribution in [-0.4, -0.2) is 35.6 Å². The zero-order valence-corrected chi connectivity index (χ0v) is 12.4. The molecule has 2 atom stereocenters. The Bertz CT molecular complexity index is 478. The predicted molar refractivity (Wildman–Crippen MR) is 81.6 cm³/mol. The van der Waals surface area contributed by atoms with Crippen LogP contribution in [-0.2, 0) is 0 Å². The number of anilines is 1. The molecule has 0 radical (unpaired) electrons. The largest absolute Gasteiger partial charge is 0.478 e. The molecule has 0 saturated heterocycles. The zero-order valence-electron chi connectivity index (χ0n) is 11.6. The highest BCUT2D eigenvalue weighted by Crippen LogP contribution is 2.32. The number of hydrogen-bond donors (Lipinski definition) is 3. The molecule has 1 aliphatic rings. The van der Waals surface area contributed by atoms with E-state index >= 15 is 0 Å². The van der Waals surface area contributed by atoms with Gasteiger partial charge in [0.05, 0.1) is 5.56 Å². The van der Waals surface area contributed by atoms with Crippen molar-refractivity contribution < 1.29 is 15.0 Å².